The van der Waals surface area contributed by atoms with Crippen LogP contribution in [-0.4, -0.2) is 23.7 Å². The second-order valence-electron chi connectivity index (χ2n) is 4.14. The van der Waals surface area contributed by atoms with Gasteiger partial charge in [-0.05, 0) is 31.0 Å². The normalized spacial score (nSPS) is 12.2. The van der Waals surface area contributed by atoms with Crippen molar-refractivity contribution in [3.05, 3.63) is 35.1 Å². The third-order valence-corrected chi connectivity index (χ3v) is 2.49. The van der Waals surface area contributed by atoms with Crippen molar-refractivity contribution in [2.75, 3.05) is 6.54 Å². The van der Waals surface area contributed by atoms with E-state index >= 15 is 0 Å². The molecule has 0 bridgehead atoms. The van der Waals surface area contributed by atoms with Gasteiger partial charge in [0.05, 0.1) is 11.7 Å². The van der Waals surface area contributed by atoms with Crippen LogP contribution in [0, 0.1) is 12.7 Å². The van der Waals surface area contributed by atoms with Gasteiger partial charge in [-0.15, -0.1) is 0 Å². The zero-order chi connectivity index (χ0) is 12.8. The van der Waals surface area contributed by atoms with Crippen LogP contribution < -0.4 is 5.32 Å². The average Bonchev–Trinajstić information content (AvgIpc) is 2.26. The van der Waals surface area contributed by atoms with E-state index in [4.69, 9.17) is 0 Å². The number of aliphatic hydroxyl groups is 1. The Bertz CT molecular complexity index is 393. The van der Waals surface area contributed by atoms with Crippen LogP contribution in [-0.2, 0) is 0 Å². The number of aliphatic hydroxyl groups excluding tert-OH is 1. The maximum atomic E-state index is 13.5. The lowest BCUT2D eigenvalue weighted by atomic mass is 10.1. The first kappa shape index (κ1) is 13.6. The van der Waals surface area contributed by atoms with Crippen molar-refractivity contribution in [3.63, 3.8) is 0 Å². The number of nitrogens with one attached hydrogen (secondary N) is 1. The van der Waals surface area contributed by atoms with Crippen LogP contribution in [0.5, 0.6) is 0 Å². The molecule has 0 saturated carbocycles. The molecule has 1 rings (SSSR count). The summed E-state index contributed by atoms with van der Waals surface area (Å²) in [6.07, 6.45) is 0.893. The standard InChI is InChI=1S/C13H18FNO2/c1-3-4-10(16)8-15-13(17)11-6-5-9(2)7-12(11)14/h5-7,10,16H,3-4,8H2,1-2H3,(H,15,17). The molecule has 0 fully saturated rings. The molecule has 17 heavy (non-hydrogen) atoms. The highest BCUT2D eigenvalue weighted by Gasteiger charge is 2.12. The van der Waals surface area contributed by atoms with Crippen LogP contribution in [0.1, 0.15) is 35.7 Å². The number of carbonyl (C=O) groups excluding carboxylic acids is 1. The minimum Gasteiger partial charge on any atom is -0.391 e. The summed E-state index contributed by atoms with van der Waals surface area (Å²) in [5, 5.41) is 12.0. The fraction of sp³-hybridized carbons (Fsp3) is 0.462. The molecule has 1 unspecified atom stereocenters. The topological polar surface area (TPSA) is 49.3 Å². The Balaban J connectivity index is 2.58. The highest BCUT2D eigenvalue weighted by atomic mass is 19.1. The van der Waals surface area contributed by atoms with Gasteiger partial charge in [0.15, 0.2) is 0 Å². The Morgan fingerprint density at radius 2 is 2.24 bits per heavy atom. The van der Waals surface area contributed by atoms with Crippen molar-refractivity contribution in [1.82, 2.24) is 5.32 Å². The number of rotatable bonds is 5. The molecule has 94 valence electrons. The van der Waals surface area contributed by atoms with Crippen molar-refractivity contribution in [1.29, 1.82) is 0 Å². The van der Waals surface area contributed by atoms with Crippen molar-refractivity contribution in [3.8, 4) is 0 Å². The number of benzene rings is 1. The molecule has 0 aliphatic carbocycles. The van der Waals surface area contributed by atoms with E-state index in [-0.39, 0.29) is 12.1 Å². The lowest BCUT2D eigenvalue weighted by Crippen LogP contribution is -2.32. The third kappa shape index (κ3) is 4.15. The van der Waals surface area contributed by atoms with Gasteiger partial charge in [0.2, 0.25) is 0 Å². The molecule has 0 aliphatic rings. The van der Waals surface area contributed by atoms with Crippen LogP contribution in [0.15, 0.2) is 18.2 Å². The number of hydrogen-bond acceptors (Lipinski definition) is 2. The number of halogens is 1. The van der Waals surface area contributed by atoms with Crippen molar-refractivity contribution >= 4 is 5.91 Å². The largest absolute Gasteiger partial charge is 0.391 e. The van der Waals surface area contributed by atoms with Crippen molar-refractivity contribution < 1.29 is 14.3 Å². The summed E-state index contributed by atoms with van der Waals surface area (Å²) >= 11 is 0. The molecular weight excluding hydrogens is 221 g/mol. The summed E-state index contributed by atoms with van der Waals surface area (Å²) in [5.41, 5.74) is 0.782. The van der Waals surface area contributed by atoms with E-state index in [2.05, 4.69) is 5.32 Å². The molecule has 0 spiro atoms. The fourth-order valence-electron chi connectivity index (χ4n) is 1.55. The fourth-order valence-corrected chi connectivity index (χ4v) is 1.55. The molecule has 1 aromatic rings. The van der Waals surface area contributed by atoms with Crippen LogP contribution in [0.2, 0.25) is 0 Å². The first-order chi connectivity index (χ1) is 8.04. The van der Waals surface area contributed by atoms with Crippen LogP contribution in [0.4, 0.5) is 4.39 Å². The van der Waals surface area contributed by atoms with Gasteiger partial charge in [0.1, 0.15) is 5.82 Å². The van der Waals surface area contributed by atoms with Gasteiger partial charge in [-0.3, -0.25) is 4.79 Å². The second kappa shape index (κ2) is 6.35. The SMILES string of the molecule is CCCC(O)CNC(=O)c1ccc(C)cc1F. The molecule has 0 saturated heterocycles. The third-order valence-electron chi connectivity index (χ3n) is 2.49. The van der Waals surface area contributed by atoms with Crippen molar-refractivity contribution in [2.45, 2.75) is 32.8 Å². The Labute approximate surface area is 101 Å². The van der Waals surface area contributed by atoms with Gasteiger partial charge in [0, 0.05) is 6.54 Å². The zero-order valence-electron chi connectivity index (χ0n) is 10.2. The van der Waals surface area contributed by atoms with Gasteiger partial charge in [0.25, 0.3) is 5.91 Å². The minimum atomic E-state index is -0.572. The number of carbonyl (C=O) groups is 1. The van der Waals surface area contributed by atoms with E-state index < -0.39 is 17.8 Å². The number of aryl methyl sites for hydroxylation is 1. The summed E-state index contributed by atoms with van der Waals surface area (Å²) in [5.74, 6) is -1.02. The lowest BCUT2D eigenvalue weighted by molar-refractivity contribution is 0.0906. The van der Waals surface area contributed by atoms with Gasteiger partial charge in [-0.25, -0.2) is 4.39 Å². The zero-order valence-corrected chi connectivity index (χ0v) is 10.2. The summed E-state index contributed by atoms with van der Waals surface area (Å²) in [7, 11) is 0. The highest BCUT2D eigenvalue weighted by molar-refractivity contribution is 5.94. The Hall–Kier alpha value is -1.42. The van der Waals surface area contributed by atoms with Crippen LogP contribution >= 0.6 is 0 Å². The Morgan fingerprint density at radius 3 is 2.82 bits per heavy atom. The maximum absolute atomic E-state index is 13.5. The maximum Gasteiger partial charge on any atom is 0.254 e. The van der Waals surface area contributed by atoms with E-state index in [0.29, 0.717) is 6.42 Å². The lowest BCUT2D eigenvalue weighted by Gasteiger charge is -2.11. The molecule has 0 heterocycles. The predicted molar refractivity (Wildman–Crippen MR) is 64.4 cm³/mol. The summed E-state index contributed by atoms with van der Waals surface area (Å²) in [6.45, 7) is 3.86. The van der Waals surface area contributed by atoms with E-state index in [0.717, 1.165) is 12.0 Å². The summed E-state index contributed by atoms with van der Waals surface area (Å²) in [4.78, 5) is 11.6. The highest BCUT2D eigenvalue weighted by Crippen LogP contribution is 2.09. The van der Waals surface area contributed by atoms with Gasteiger partial charge in [-0.2, -0.15) is 0 Å². The molecule has 1 atom stereocenters. The van der Waals surface area contributed by atoms with Gasteiger partial charge < -0.3 is 10.4 Å². The smallest absolute Gasteiger partial charge is 0.254 e. The predicted octanol–water partition coefficient (Wildman–Crippen LogP) is 2.02. The molecular formula is C13H18FNO2. The molecule has 2 N–H and O–H groups in total. The molecule has 0 radical (unpaired) electrons. The Morgan fingerprint density at radius 1 is 1.53 bits per heavy atom. The van der Waals surface area contributed by atoms with Crippen LogP contribution in [0.3, 0.4) is 0 Å². The van der Waals surface area contributed by atoms with Crippen LogP contribution in [0.25, 0.3) is 0 Å². The number of hydrogen-bond donors (Lipinski definition) is 2. The first-order valence-electron chi connectivity index (χ1n) is 5.77. The first-order valence-corrected chi connectivity index (χ1v) is 5.77. The van der Waals surface area contributed by atoms with E-state index in [1.165, 1.54) is 12.1 Å². The Kier molecular flexibility index (Phi) is 5.10. The van der Waals surface area contributed by atoms with Crippen molar-refractivity contribution in [2.24, 2.45) is 0 Å². The molecule has 1 aromatic carbocycles. The quantitative estimate of drug-likeness (QED) is 0.826. The minimum absolute atomic E-state index is 0.0132. The van der Waals surface area contributed by atoms with E-state index in [9.17, 15) is 14.3 Å². The molecule has 1 amide bonds. The molecule has 0 aliphatic heterocycles. The summed E-state index contributed by atoms with van der Waals surface area (Å²) < 4.78 is 13.5. The summed E-state index contributed by atoms with van der Waals surface area (Å²) in [6, 6.07) is 4.45. The van der Waals surface area contributed by atoms with Gasteiger partial charge in [-0.1, -0.05) is 19.4 Å². The molecule has 3 nitrogen and oxygen atoms in total. The average molecular weight is 239 g/mol. The van der Waals surface area contributed by atoms with E-state index in [1.807, 2.05) is 6.92 Å². The molecule has 0 aromatic heterocycles. The van der Waals surface area contributed by atoms with Gasteiger partial charge >= 0.3 is 0 Å². The second-order valence-corrected chi connectivity index (χ2v) is 4.14. The van der Waals surface area contributed by atoms with E-state index in [1.54, 1.807) is 13.0 Å². The molecule has 4 heteroatoms. The monoisotopic (exact) mass is 239 g/mol. The number of amides is 1.